The van der Waals surface area contributed by atoms with Crippen LogP contribution in [0.2, 0.25) is 0 Å². The number of carbonyl (C=O) groups excluding carboxylic acids is 1. The lowest BCUT2D eigenvalue weighted by Crippen LogP contribution is -2.16. The quantitative estimate of drug-likeness (QED) is 0.800. The van der Waals surface area contributed by atoms with Crippen LogP contribution in [-0.4, -0.2) is 18.1 Å². The van der Waals surface area contributed by atoms with Crippen molar-refractivity contribution in [2.45, 2.75) is 5.92 Å². The number of methoxy groups -OCH3 is 1. The molecule has 0 radical (unpaired) electrons. The van der Waals surface area contributed by atoms with Gasteiger partial charge in [0, 0.05) is 6.20 Å². The maximum atomic E-state index is 11.9. The second-order valence-corrected chi connectivity index (χ2v) is 3.62. The van der Waals surface area contributed by atoms with E-state index < -0.39 is 5.92 Å². The zero-order chi connectivity index (χ0) is 12.1. The molecular formula is C14H14ClNO2. The lowest BCUT2D eigenvalue weighted by molar-refractivity contribution is -0.141. The molecule has 0 fully saturated rings. The average Bonchev–Trinajstić information content (AvgIpc) is 2.41. The molecule has 18 heavy (non-hydrogen) atoms. The van der Waals surface area contributed by atoms with Gasteiger partial charge < -0.3 is 4.74 Å². The van der Waals surface area contributed by atoms with Gasteiger partial charge in [-0.15, -0.1) is 12.4 Å². The molecule has 3 nitrogen and oxygen atoms in total. The highest BCUT2D eigenvalue weighted by molar-refractivity contribution is 5.85. The number of benzene rings is 1. The fourth-order valence-corrected chi connectivity index (χ4v) is 1.74. The van der Waals surface area contributed by atoms with Gasteiger partial charge >= 0.3 is 5.97 Å². The topological polar surface area (TPSA) is 39.2 Å². The van der Waals surface area contributed by atoms with Gasteiger partial charge in [-0.05, 0) is 17.7 Å². The summed E-state index contributed by atoms with van der Waals surface area (Å²) in [7, 11) is 1.39. The van der Waals surface area contributed by atoms with Gasteiger partial charge in [-0.1, -0.05) is 36.4 Å². The number of ether oxygens (including phenoxy) is 1. The maximum Gasteiger partial charge on any atom is 0.319 e. The van der Waals surface area contributed by atoms with E-state index in [1.165, 1.54) is 7.11 Å². The number of halogens is 1. The molecule has 4 heteroatoms. The molecule has 1 aromatic carbocycles. The van der Waals surface area contributed by atoms with Gasteiger partial charge in [0.2, 0.25) is 0 Å². The Labute approximate surface area is 112 Å². The first kappa shape index (κ1) is 14.2. The first-order chi connectivity index (χ1) is 8.33. The molecule has 1 heterocycles. The van der Waals surface area contributed by atoms with E-state index in [1.54, 1.807) is 6.20 Å². The third-order valence-corrected chi connectivity index (χ3v) is 2.55. The number of carbonyl (C=O) groups is 1. The summed E-state index contributed by atoms with van der Waals surface area (Å²) in [5, 5.41) is 0. The average molecular weight is 264 g/mol. The summed E-state index contributed by atoms with van der Waals surface area (Å²) in [4.78, 5) is 16.1. The van der Waals surface area contributed by atoms with Crippen LogP contribution in [0.1, 0.15) is 17.2 Å². The predicted molar refractivity (Wildman–Crippen MR) is 71.8 cm³/mol. The van der Waals surface area contributed by atoms with Gasteiger partial charge in [-0.25, -0.2) is 0 Å². The van der Waals surface area contributed by atoms with Crippen molar-refractivity contribution in [2.24, 2.45) is 0 Å². The first-order valence-corrected chi connectivity index (χ1v) is 5.36. The predicted octanol–water partition coefficient (Wildman–Crippen LogP) is 2.81. The number of hydrogen-bond donors (Lipinski definition) is 0. The van der Waals surface area contributed by atoms with Crippen molar-refractivity contribution in [1.29, 1.82) is 0 Å². The molecular weight excluding hydrogens is 250 g/mol. The lowest BCUT2D eigenvalue weighted by Gasteiger charge is -2.14. The Morgan fingerprint density at radius 3 is 2.33 bits per heavy atom. The molecule has 94 valence electrons. The van der Waals surface area contributed by atoms with Crippen molar-refractivity contribution < 1.29 is 9.53 Å². The van der Waals surface area contributed by atoms with E-state index in [-0.39, 0.29) is 18.4 Å². The van der Waals surface area contributed by atoms with E-state index in [9.17, 15) is 4.79 Å². The molecule has 1 aromatic heterocycles. The van der Waals surface area contributed by atoms with E-state index in [1.807, 2.05) is 48.5 Å². The molecule has 0 saturated heterocycles. The summed E-state index contributed by atoms with van der Waals surface area (Å²) in [5.74, 6) is -0.753. The fourth-order valence-electron chi connectivity index (χ4n) is 1.74. The van der Waals surface area contributed by atoms with Gasteiger partial charge in [0.15, 0.2) is 0 Å². The number of esters is 1. The van der Waals surface area contributed by atoms with Gasteiger partial charge in [0.1, 0.15) is 5.92 Å². The number of nitrogens with zero attached hydrogens (tertiary/aromatic N) is 1. The number of pyridine rings is 1. The van der Waals surface area contributed by atoms with Crippen molar-refractivity contribution in [1.82, 2.24) is 4.98 Å². The van der Waals surface area contributed by atoms with Gasteiger partial charge in [0.25, 0.3) is 0 Å². The monoisotopic (exact) mass is 263 g/mol. The molecule has 0 bridgehead atoms. The summed E-state index contributed by atoms with van der Waals surface area (Å²) < 4.78 is 4.84. The van der Waals surface area contributed by atoms with E-state index >= 15 is 0 Å². The van der Waals surface area contributed by atoms with Crippen molar-refractivity contribution >= 4 is 18.4 Å². The van der Waals surface area contributed by atoms with Crippen LogP contribution in [0.25, 0.3) is 0 Å². The molecule has 0 aliphatic rings. The summed E-state index contributed by atoms with van der Waals surface area (Å²) in [6.07, 6.45) is 1.67. The van der Waals surface area contributed by atoms with Crippen LogP contribution in [-0.2, 0) is 9.53 Å². The zero-order valence-electron chi connectivity index (χ0n) is 9.95. The molecule has 0 amide bonds. The standard InChI is InChI=1S/C14H13NO2.ClH/c1-17-14(16)13(11-7-3-2-4-8-11)12-9-5-6-10-15-12;/h2-10,13H,1H3;1H. The highest BCUT2D eigenvalue weighted by Crippen LogP contribution is 2.23. The van der Waals surface area contributed by atoms with Crippen LogP contribution in [0.4, 0.5) is 0 Å². The van der Waals surface area contributed by atoms with Crippen molar-refractivity contribution in [3.8, 4) is 0 Å². The first-order valence-electron chi connectivity index (χ1n) is 5.36. The fraction of sp³-hybridized carbons (Fsp3) is 0.143. The Kier molecular flexibility index (Phi) is 5.33. The van der Waals surface area contributed by atoms with Crippen LogP contribution in [0.15, 0.2) is 54.7 Å². The van der Waals surface area contributed by atoms with Crippen molar-refractivity contribution in [3.05, 3.63) is 66.0 Å². The molecule has 0 aliphatic heterocycles. The highest BCUT2D eigenvalue weighted by atomic mass is 35.5. The Morgan fingerprint density at radius 2 is 1.78 bits per heavy atom. The summed E-state index contributed by atoms with van der Waals surface area (Å²) >= 11 is 0. The van der Waals surface area contributed by atoms with E-state index in [0.717, 1.165) is 5.56 Å². The second kappa shape index (κ2) is 6.77. The SMILES string of the molecule is COC(=O)C(c1ccccc1)c1ccccn1.Cl. The maximum absolute atomic E-state index is 11.9. The van der Waals surface area contributed by atoms with Crippen molar-refractivity contribution in [2.75, 3.05) is 7.11 Å². The van der Waals surface area contributed by atoms with Crippen LogP contribution in [0.3, 0.4) is 0 Å². The Morgan fingerprint density at radius 1 is 1.11 bits per heavy atom. The minimum absolute atomic E-state index is 0. The number of rotatable bonds is 3. The normalized spacial score (nSPS) is 11.2. The minimum Gasteiger partial charge on any atom is -0.468 e. The summed E-state index contributed by atoms with van der Waals surface area (Å²) in [6, 6.07) is 15.0. The summed E-state index contributed by atoms with van der Waals surface area (Å²) in [5.41, 5.74) is 1.59. The van der Waals surface area contributed by atoms with Crippen LogP contribution >= 0.6 is 12.4 Å². The van der Waals surface area contributed by atoms with E-state index in [0.29, 0.717) is 5.69 Å². The number of hydrogen-bond acceptors (Lipinski definition) is 3. The van der Waals surface area contributed by atoms with E-state index in [2.05, 4.69) is 4.98 Å². The van der Waals surface area contributed by atoms with Crippen LogP contribution in [0, 0.1) is 0 Å². The Hall–Kier alpha value is -1.87. The van der Waals surface area contributed by atoms with Crippen LogP contribution in [0.5, 0.6) is 0 Å². The van der Waals surface area contributed by atoms with Gasteiger partial charge in [-0.3, -0.25) is 9.78 Å². The molecule has 0 spiro atoms. The molecule has 2 aromatic rings. The Bertz CT molecular complexity index is 448. The minimum atomic E-state index is -0.456. The van der Waals surface area contributed by atoms with Gasteiger partial charge in [0.05, 0.1) is 12.8 Å². The summed E-state index contributed by atoms with van der Waals surface area (Å²) in [6.45, 7) is 0. The highest BCUT2D eigenvalue weighted by Gasteiger charge is 2.24. The second-order valence-electron chi connectivity index (χ2n) is 3.62. The molecule has 1 unspecified atom stereocenters. The van der Waals surface area contributed by atoms with Crippen molar-refractivity contribution in [3.63, 3.8) is 0 Å². The van der Waals surface area contributed by atoms with E-state index in [4.69, 9.17) is 4.74 Å². The molecule has 0 aliphatic carbocycles. The third kappa shape index (κ3) is 3.08. The largest absolute Gasteiger partial charge is 0.468 e. The van der Waals surface area contributed by atoms with Crippen LogP contribution < -0.4 is 0 Å². The molecule has 0 N–H and O–H groups in total. The van der Waals surface area contributed by atoms with Gasteiger partial charge in [-0.2, -0.15) is 0 Å². The lowest BCUT2D eigenvalue weighted by atomic mass is 9.95. The molecule has 0 saturated carbocycles. The smallest absolute Gasteiger partial charge is 0.319 e. The number of aromatic nitrogens is 1. The zero-order valence-corrected chi connectivity index (χ0v) is 10.8. The third-order valence-electron chi connectivity index (χ3n) is 2.55. The molecule has 2 rings (SSSR count). The Balaban J connectivity index is 0.00000162. The molecule has 1 atom stereocenters.